The number of unbranched alkanes of at least 4 members (excludes halogenated alkanes) is 2. The number of fused-ring (bicyclic) bond motifs is 1. The topological polar surface area (TPSA) is 61.0 Å². The van der Waals surface area contributed by atoms with Gasteiger partial charge in [0.1, 0.15) is 0 Å². The van der Waals surface area contributed by atoms with Gasteiger partial charge >= 0.3 is 0 Å². The van der Waals surface area contributed by atoms with Crippen LogP contribution < -0.4 is 10.9 Å². The number of benzene rings is 2. The molecule has 0 unspecified atom stereocenters. The maximum absolute atomic E-state index is 12.0. The Morgan fingerprint density at radius 1 is 1.11 bits per heavy atom. The molecule has 0 aliphatic heterocycles. The van der Waals surface area contributed by atoms with Gasteiger partial charge in [-0.25, -0.2) is 5.10 Å². The minimum Gasteiger partial charge on any atom is -0.385 e. The molecular weight excluding hydrogens is 348 g/mol. The lowest BCUT2D eigenvalue weighted by Crippen LogP contribution is -2.19. The van der Waals surface area contributed by atoms with Crippen LogP contribution in [0.2, 0.25) is 0 Å². The Labute approximate surface area is 165 Å². The second-order valence-corrected chi connectivity index (χ2v) is 6.96. The van der Waals surface area contributed by atoms with Gasteiger partial charge in [0.15, 0.2) is 0 Å². The van der Waals surface area contributed by atoms with Crippen LogP contribution in [0.15, 0.2) is 53.3 Å². The predicted molar refractivity (Wildman–Crippen MR) is 116 cm³/mol. The molecule has 0 aliphatic carbocycles. The quantitative estimate of drug-likeness (QED) is 0.442. The second-order valence-electron chi connectivity index (χ2n) is 6.96. The molecule has 1 heterocycles. The van der Waals surface area contributed by atoms with E-state index in [1.54, 1.807) is 0 Å². The molecule has 0 saturated heterocycles. The molecule has 0 spiro atoms. The first kappa shape index (κ1) is 19.7. The van der Waals surface area contributed by atoms with E-state index in [1.165, 1.54) is 0 Å². The summed E-state index contributed by atoms with van der Waals surface area (Å²) in [5, 5.41) is 11.9. The van der Waals surface area contributed by atoms with Crippen molar-refractivity contribution in [3.05, 3.63) is 58.9 Å². The molecule has 3 aromatic rings. The Hall–Kier alpha value is -3.10. The van der Waals surface area contributed by atoms with Gasteiger partial charge in [-0.1, -0.05) is 42.7 Å². The second kappa shape index (κ2) is 9.72. The van der Waals surface area contributed by atoms with Crippen LogP contribution in [-0.2, 0) is 0 Å². The van der Waals surface area contributed by atoms with Crippen molar-refractivity contribution in [2.24, 2.45) is 0 Å². The molecule has 28 heavy (non-hydrogen) atoms. The van der Waals surface area contributed by atoms with E-state index in [9.17, 15) is 4.79 Å². The van der Waals surface area contributed by atoms with Crippen LogP contribution in [0.25, 0.3) is 22.0 Å². The zero-order valence-corrected chi connectivity index (χ0v) is 16.2. The molecule has 0 atom stereocenters. The Bertz CT molecular complexity index is 1020. The van der Waals surface area contributed by atoms with E-state index in [0.717, 1.165) is 54.7 Å². The number of aromatic amines is 1. The first-order valence-corrected chi connectivity index (χ1v) is 9.63. The molecule has 0 bridgehead atoms. The van der Waals surface area contributed by atoms with Gasteiger partial charge in [-0.05, 0) is 44.6 Å². The van der Waals surface area contributed by atoms with Crippen LogP contribution in [-0.4, -0.2) is 41.8 Å². The van der Waals surface area contributed by atoms with Gasteiger partial charge in [0.05, 0.1) is 17.6 Å². The fourth-order valence-corrected chi connectivity index (χ4v) is 3.26. The average Bonchev–Trinajstić information content (AvgIpc) is 2.71. The van der Waals surface area contributed by atoms with Crippen molar-refractivity contribution in [1.82, 2.24) is 15.1 Å². The van der Waals surface area contributed by atoms with E-state index in [0.29, 0.717) is 11.9 Å². The van der Waals surface area contributed by atoms with Crippen LogP contribution in [0.3, 0.4) is 0 Å². The van der Waals surface area contributed by atoms with Crippen molar-refractivity contribution >= 4 is 16.5 Å². The van der Waals surface area contributed by atoms with Gasteiger partial charge in [-0.15, -0.1) is 6.42 Å². The summed E-state index contributed by atoms with van der Waals surface area (Å²) < 4.78 is 0. The average molecular weight is 374 g/mol. The van der Waals surface area contributed by atoms with Crippen LogP contribution >= 0.6 is 0 Å². The molecule has 0 fully saturated rings. The zero-order chi connectivity index (χ0) is 19.8. The smallest absolute Gasteiger partial charge is 0.272 e. The number of hydrogen-bond acceptors (Lipinski definition) is 4. The molecule has 3 rings (SSSR count). The van der Waals surface area contributed by atoms with Crippen molar-refractivity contribution in [2.45, 2.75) is 19.3 Å². The van der Waals surface area contributed by atoms with E-state index in [1.807, 2.05) is 36.4 Å². The largest absolute Gasteiger partial charge is 0.385 e. The molecule has 2 aromatic carbocycles. The molecule has 0 amide bonds. The zero-order valence-electron chi connectivity index (χ0n) is 16.2. The SMILES string of the molecule is C#CCN(C)CCCCCNc1cccc(-c2n[nH]c(=O)c3ccccc23)c1. The third kappa shape index (κ3) is 4.99. The number of hydrogen-bond donors (Lipinski definition) is 2. The Morgan fingerprint density at radius 2 is 1.93 bits per heavy atom. The minimum absolute atomic E-state index is 0.165. The van der Waals surface area contributed by atoms with E-state index >= 15 is 0 Å². The van der Waals surface area contributed by atoms with Gasteiger partial charge in [0.2, 0.25) is 0 Å². The summed E-state index contributed by atoms with van der Waals surface area (Å²) in [4.78, 5) is 14.2. The van der Waals surface area contributed by atoms with Crippen molar-refractivity contribution in [3.8, 4) is 23.6 Å². The summed E-state index contributed by atoms with van der Waals surface area (Å²) >= 11 is 0. The van der Waals surface area contributed by atoms with E-state index in [-0.39, 0.29) is 5.56 Å². The summed E-state index contributed by atoms with van der Waals surface area (Å²) in [5.74, 6) is 2.66. The third-order valence-corrected chi connectivity index (χ3v) is 4.74. The fraction of sp³-hybridized carbons (Fsp3) is 0.304. The highest BCUT2D eigenvalue weighted by Crippen LogP contribution is 2.26. The number of nitrogens with one attached hydrogen (secondary N) is 2. The first-order chi connectivity index (χ1) is 13.7. The molecule has 2 N–H and O–H groups in total. The summed E-state index contributed by atoms with van der Waals surface area (Å²) in [7, 11) is 2.05. The van der Waals surface area contributed by atoms with Gasteiger partial charge in [0.25, 0.3) is 5.56 Å². The summed E-state index contributed by atoms with van der Waals surface area (Å²) in [5.41, 5.74) is 2.66. The van der Waals surface area contributed by atoms with E-state index in [4.69, 9.17) is 6.42 Å². The Balaban J connectivity index is 1.60. The number of terminal acetylenes is 1. The molecular formula is C23H26N4O. The van der Waals surface area contributed by atoms with E-state index in [2.05, 4.69) is 45.5 Å². The molecule has 0 radical (unpaired) electrons. The molecule has 0 aliphatic rings. The van der Waals surface area contributed by atoms with Crippen molar-refractivity contribution in [3.63, 3.8) is 0 Å². The van der Waals surface area contributed by atoms with Gasteiger partial charge in [0, 0.05) is 23.2 Å². The van der Waals surface area contributed by atoms with Crippen LogP contribution in [0.5, 0.6) is 0 Å². The van der Waals surface area contributed by atoms with Crippen LogP contribution in [0.1, 0.15) is 19.3 Å². The number of H-pyrrole nitrogens is 1. The number of nitrogens with zero attached hydrogens (tertiary/aromatic N) is 2. The summed E-state index contributed by atoms with van der Waals surface area (Å²) in [6, 6.07) is 15.7. The highest BCUT2D eigenvalue weighted by molar-refractivity contribution is 5.94. The highest BCUT2D eigenvalue weighted by atomic mass is 16.1. The lowest BCUT2D eigenvalue weighted by atomic mass is 10.0. The van der Waals surface area contributed by atoms with Crippen LogP contribution in [0.4, 0.5) is 5.69 Å². The van der Waals surface area contributed by atoms with E-state index < -0.39 is 0 Å². The molecule has 5 nitrogen and oxygen atoms in total. The van der Waals surface area contributed by atoms with Gasteiger partial charge < -0.3 is 5.32 Å². The van der Waals surface area contributed by atoms with Crippen molar-refractivity contribution in [1.29, 1.82) is 0 Å². The first-order valence-electron chi connectivity index (χ1n) is 9.63. The number of rotatable bonds is 9. The lowest BCUT2D eigenvalue weighted by Gasteiger charge is -2.13. The lowest BCUT2D eigenvalue weighted by molar-refractivity contribution is 0.363. The van der Waals surface area contributed by atoms with Gasteiger partial charge in [-0.2, -0.15) is 5.10 Å². The molecule has 1 aromatic heterocycles. The molecule has 5 heteroatoms. The molecule has 144 valence electrons. The fourth-order valence-electron chi connectivity index (χ4n) is 3.26. The normalized spacial score (nSPS) is 10.9. The maximum Gasteiger partial charge on any atom is 0.272 e. The molecule has 0 saturated carbocycles. The Morgan fingerprint density at radius 3 is 2.75 bits per heavy atom. The highest BCUT2D eigenvalue weighted by Gasteiger charge is 2.08. The van der Waals surface area contributed by atoms with Crippen molar-refractivity contribution < 1.29 is 0 Å². The third-order valence-electron chi connectivity index (χ3n) is 4.74. The number of anilines is 1. The Kier molecular flexibility index (Phi) is 6.83. The van der Waals surface area contributed by atoms with Crippen LogP contribution in [0, 0.1) is 12.3 Å². The predicted octanol–water partition coefficient (Wildman–Crippen LogP) is 3.74. The number of aromatic nitrogens is 2. The van der Waals surface area contributed by atoms with Gasteiger partial charge in [-0.3, -0.25) is 9.69 Å². The standard InChI is InChI=1S/C23H26N4O/c1-3-15-27(2)16-8-4-7-14-24-19-11-9-10-18(17-19)22-20-12-5-6-13-21(20)23(28)26-25-22/h1,5-6,9-13,17,24H,4,7-8,14-16H2,2H3,(H,26,28). The summed E-state index contributed by atoms with van der Waals surface area (Å²) in [6.45, 7) is 2.66. The minimum atomic E-state index is -0.165. The monoisotopic (exact) mass is 374 g/mol. The van der Waals surface area contributed by atoms with Crippen molar-refractivity contribution in [2.75, 3.05) is 32.0 Å². The summed E-state index contributed by atoms with van der Waals surface area (Å²) in [6.07, 6.45) is 8.73. The maximum atomic E-state index is 12.0.